The summed E-state index contributed by atoms with van der Waals surface area (Å²) in [5.41, 5.74) is -1.05. The van der Waals surface area contributed by atoms with Gasteiger partial charge in [-0.3, -0.25) is 14.6 Å². The van der Waals surface area contributed by atoms with Crippen molar-refractivity contribution in [2.24, 2.45) is 17.3 Å². The molecule has 0 radical (unpaired) electrons. The van der Waals surface area contributed by atoms with E-state index in [1.165, 1.54) is 44.6 Å². The molecule has 6 nitrogen and oxygen atoms in total. The van der Waals surface area contributed by atoms with Crippen LogP contribution in [0, 0.1) is 17.3 Å². The number of rotatable bonds is 17. The molecule has 0 aliphatic rings. The lowest BCUT2D eigenvalue weighted by atomic mass is 9.73. The van der Waals surface area contributed by atoms with Crippen molar-refractivity contribution in [1.82, 2.24) is 9.55 Å². The number of esters is 1. The lowest BCUT2D eigenvalue weighted by Gasteiger charge is -2.32. The molecule has 1 heterocycles. The zero-order chi connectivity index (χ0) is 24.0. The second kappa shape index (κ2) is 15.1. The van der Waals surface area contributed by atoms with Crippen molar-refractivity contribution in [1.29, 1.82) is 0 Å². The summed E-state index contributed by atoms with van der Waals surface area (Å²) in [6.07, 6.45) is 13.9. The minimum Gasteiger partial charge on any atom is -0.465 e. The molecular formula is C26H46N2O4. The number of hydrogen-bond donors (Lipinski definition) is 1. The maximum atomic E-state index is 12.6. The summed E-state index contributed by atoms with van der Waals surface area (Å²) in [6.45, 7) is 11.8. The maximum absolute atomic E-state index is 12.6. The van der Waals surface area contributed by atoms with Gasteiger partial charge in [-0.2, -0.15) is 0 Å². The predicted molar refractivity (Wildman–Crippen MR) is 131 cm³/mol. The van der Waals surface area contributed by atoms with Crippen molar-refractivity contribution >= 4 is 5.97 Å². The largest absolute Gasteiger partial charge is 0.465 e. The van der Waals surface area contributed by atoms with E-state index < -0.39 is 0 Å². The van der Waals surface area contributed by atoms with Crippen LogP contribution in [-0.4, -0.2) is 22.1 Å². The van der Waals surface area contributed by atoms with Crippen LogP contribution < -0.4 is 11.2 Å². The van der Waals surface area contributed by atoms with Crippen molar-refractivity contribution < 1.29 is 9.53 Å². The van der Waals surface area contributed by atoms with Crippen LogP contribution >= 0.6 is 0 Å². The minimum absolute atomic E-state index is 0.0355. The van der Waals surface area contributed by atoms with Crippen LogP contribution in [0.4, 0.5) is 0 Å². The lowest BCUT2D eigenvalue weighted by molar-refractivity contribution is -0.159. The molecule has 0 spiro atoms. The number of aryl methyl sites for hydroxylation is 1. The molecule has 1 N–H and O–H groups in total. The zero-order valence-electron chi connectivity index (χ0n) is 21.1. The predicted octanol–water partition coefficient (Wildman–Crippen LogP) is 5.69. The average molecular weight is 451 g/mol. The highest BCUT2D eigenvalue weighted by Crippen LogP contribution is 2.35. The number of carbonyl (C=O) groups is 1. The van der Waals surface area contributed by atoms with Crippen LogP contribution in [0.5, 0.6) is 0 Å². The van der Waals surface area contributed by atoms with Crippen LogP contribution in [0.3, 0.4) is 0 Å². The molecule has 0 aliphatic carbocycles. The number of H-pyrrole nitrogens is 1. The Labute approximate surface area is 194 Å². The van der Waals surface area contributed by atoms with Crippen molar-refractivity contribution in [3.63, 3.8) is 0 Å². The fraction of sp³-hybridized carbons (Fsp3) is 0.808. The molecule has 0 aromatic carbocycles. The van der Waals surface area contributed by atoms with Gasteiger partial charge in [0.25, 0.3) is 5.56 Å². The Morgan fingerprint density at radius 1 is 0.938 bits per heavy atom. The van der Waals surface area contributed by atoms with Gasteiger partial charge in [-0.05, 0) is 38.0 Å². The van der Waals surface area contributed by atoms with Gasteiger partial charge in [-0.1, -0.05) is 79.1 Å². The van der Waals surface area contributed by atoms with E-state index in [4.69, 9.17) is 4.74 Å². The smallest absolute Gasteiger partial charge is 0.328 e. The molecule has 32 heavy (non-hydrogen) atoms. The van der Waals surface area contributed by atoms with Gasteiger partial charge in [0, 0.05) is 18.8 Å². The Morgan fingerprint density at radius 2 is 1.47 bits per heavy atom. The van der Waals surface area contributed by atoms with Gasteiger partial charge < -0.3 is 9.30 Å². The van der Waals surface area contributed by atoms with Crippen LogP contribution in [0.25, 0.3) is 0 Å². The quantitative estimate of drug-likeness (QED) is 0.244. The van der Waals surface area contributed by atoms with Gasteiger partial charge in [0.2, 0.25) is 0 Å². The van der Waals surface area contributed by atoms with E-state index in [0.717, 1.165) is 32.1 Å². The Balaban J connectivity index is 2.00. The Kier molecular flexibility index (Phi) is 13.3. The first kappa shape index (κ1) is 28.2. The molecule has 0 aliphatic heterocycles. The third kappa shape index (κ3) is 10.6. The molecule has 1 aromatic rings. The molecular weight excluding hydrogens is 404 g/mol. The van der Waals surface area contributed by atoms with E-state index in [9.17, 15) is 14.4 Å². The summed E-state index contributed by atoms with van der Waals surface area (Å²) in [6, 6.07) is 1.39. The summed E-state index contributed by atoms with van der Waals surface area (Å²) in [7, 11) is 0. The van der Waals surface area contributed by atoms with E-state index in [0.29, 0.717) is 19.1 Å². The fourth-order valence-corrected chi connectivity index (χ4v) is 4.15. The van der Waals surface area contributed by atoms with Crippen molar-refractivity contribution in [3.05, 3.63) is 33.1 Å². The minimum atomic E-state index is -0.385. The highest BCUT2D eigenvalue weighted by Gasteiger charge is 2.38. The normalized spacial score (nSPS) is 13.5. The molecule has 0 saturated heterocycles. The van der Waals surface area contributed by atoms with Gasteiger partial charge in [-0.15, -0.1) is 0 Å². The van der Waals surface area contributed by atoms with Crippen molar-refractivity contribution in [2.45, 2.75) is 112 Å². The summed E-state index contributed by atoms with van der Waals surface area (Å²) in [4.78, 5) is 37.5. The molecule has 1 unspecified atom stereocenters. The van der Waals surface area contributed by atoms with Gasteiger partial charge in [0.1, 0.15) is 0 Å². The van der Waals surface area contributed by atoms with Crippen LogP contribution in [-0.2, 0) is 16.1 Å². The number of aromatic nitrogens is 2. The number of unbranched alkanes of at least 4 members (excludes halogenated alkanes) is 9. The van der Waals surface area contributed by atoms with Gasteiger partial charge >= 0.3 is 11.7 Å². The second-order valence-corrected chi connectivity index (χ2v) is 10.1. The Morgan fingerprint density at radius 3 is 1.97 bits per heavy atom. The topological polar surface area (TPSA) is 81.2 Å². The summed E-state index contributed by atoms with van der Waals surface area (Å²) < 4.78 is 7.18. The van der Waals surface area contributed by atoms with Crippen LogP contribution in [0.15, 0.2) is 21.9 Å². The van der Waals surface area contributed by atoms with Crippen molar-refractivity contribution in [2.75, 3.05) is 6.61 Å². The number of nitrogens with one attached hydrogen (secondary N) is 1. The molecule has 1 atom stereocenters. The lowest BCUT2D eigenvalue weighted by Crippen LogP contribution is -2.36. The van der Waals surface area contributed by atoms with E-state index >= 15 is 0 Å². The Bertz CT molecular complexity index is 766. The molecule has 0 saturated carbocycles. The number of nitrogens with zero attached hydrogens (tertiary/aromatic N) is 1. The molecule has 6 heteroatoms. The van der Waals surface area contributed by atoms with Gasteiger partial charge in [0.15, 0.2) is 0 Å². The van der Waals surface area contributed by atoms with Gasteiger partial charge in [-0.25, -0.2) is 4.79 Å². The number of aromatic amines is 1. The first-order chi connectivity index (χ1) is 15.2. The van der Waals surface area contributed by atoms with E-state index in [-0.39, 0.29) is 28.6 Å². The monoisotopic (exact) mass is 450 g/mol. The molecule has 0 fully saturated rings. The van der Waals surface area contributed by atoms with Crippen LogP contribution in [0.2, 0.25) is 0 Å². The summed E-state index contributed by atoms with van der Waals surface area (Å²) >= 11 is 0. The van der Waals surface area contributed by atoms with Crippen LogP contribution in [0.1, 0.15) is 105 Å². The maximum Gasteiger partial charge on any atom is 0.328 e. The van der Waals surface area contributed by atoms with Crippen molar-refractivity contribution in [3.8, 4) is 0 Å². The highest BCUT2D eigenvalue weighted by atomic mass is 16.5. The standard InChI is InChI=1S/C26H46N2O4/c1-21(2)20-26(5,22(3)4)24(30)32-19-15-13-11-9-7-6-8-10-12-14-17-28-18-16-23(29)27-25(28)31/h16,18,21-22H,6-15,17,19-20H2,1-5H3,(H,27,29,31). The molecule has 0 amide bonds. The van der Waals surface area contributed by atoms with Gasteiger partial charge in [0.05, 0.1) is 12.0 Å². The highest BCUT2D eigenvalue weighted by molar-refractivity contribution is 5.76. The van der Waals surface area contributed by atoms with E-state index in [2.05, 4.69) is 32.7 Å². The first-order valence-corrected chi connectivity index (χ1v) is 12.6. The number of hydrogen-bond acceptors (Lipinski definition) is 4. The third-order valence-corrected chi connectivity index (χ3v) is 6.50. The average Bonchev–Trinajstić information content (AvgIpc) is 2.71. The fourth-order valence-electron chi connectivity index (χ4n) is 4.15. The zero-order valence-corrected chi connectivity index (χ0v) is 21.1. The number of carbonyl (C=O) groups excluding carboxylic acids is 1. The third-order valence-electron chi connectivity index (χ3n) is 6.50. The summed E-state index contributed by atoms with van der Waals surface area (Å²) in [5.74, 6) is 0.728. The van der Waals surface area contributed by atoms with E-state index in [1.54, 1.807) is 10.8 Å². The Hall–Kier alpha value is -1.85. The molecule has 184 valence electrons. The molecule has 0 bridgehead atoms. The van der Waals surface area contributed by atoms with E-state index in [1.807, 2.05) is 6.92 Å². The SMILES string of the molecule is CC(C)CC(C)(C(=O)OCCCCCCCCCCCCn1ccc(=O)[nH]c1=O)C(C)C. The summed E-state index contributed by atoms with van der Waals surface area (Å²) in [5, 5.41) is 0. The molecule has 1 rings (SSSR count). The number of ether oxygens (including phenoxy) is 1. The molecule has 1 aromatic heterocycles. The second-order valence-electron chi connectivity index (χ2n) is 10.1. The first-order valence-electron chi connectivity index (χ1n) is 12.6.